The number of pyridine rings is 1. The van der Waals surface area contributed by atoms with Gasteiger partial charge in [0.05, 0.1) is 24.4 Å². The molecule has 0 spiro atoms. The lowest BCUT2D eigenvalue weighted by Crippen LogP contribution is -2.49. The molecule has 11 heteroatoms. The number of ether oxygens (including phenoxy) is 1. The fourth-order valence-corrected chi connectivity index (χ4v) is 5.38. The molecule has 6 rings (SSSR count). The molecule has 0 unspecified atom stereocenters. The Morgan fingerprint density at radius 2 is 1.92 bits per heavy atom. The number of nitrogens with one attached hydrogen (secondary N) is 1. The highest BCUT2D eigenvalue weighted by atomic mass is 19.4. The van der Waals surface area contributed by atoms with Gasteiger partial charge in [-0.25, -0.2) is 4.98 Å². The minimum Gasteiger partial charge on any atom is -0.379 e. The molecule has 0 saturated carbocycles. The molecule has 1 aromatic carbocycles. The van der Waals surface area contributed by atoms with Gasteiger partial charge in [-0.3, -0.25) is 10.00 Å². The fourth-order valence-electron chi connectivity index (χ4n) is 5.38. The van der Waals surface area contributed by atoms with Crippen LogP contribution >= 0.6 is 0 Å². The smallest absolute Gasteiger partial charge is 0.379 e. The second kappa shape index (κ2) is 9.21. The first-order valence-corrected chi connectivity index (χ1v) is 12.5. The van der Waals surface area contributed by atoms with Crippen molar-refractivity contribution in [3.05, 3.63) is 59.4 Å². The number of nitrogens with zero attached hydrogens (tertiary/aromatic N) is 6. The molecule has 0 bridgehead atoms. The predicted molar refractivity (Wildman–Crippen MR) is 131 cm³/mol. The molecule has 3 aromatic heterocycles. The molecule has 0 amide bonds. The number of alkyl halides is 3. The zero-order valence-corrected chi connectivity index (χ0v) is 20.6. The maximum Gasteiger partial charge on any atom is 0.433 e. The number of piperidine rings is 1. The lowest BCUT2D eigenvalue weighted by molar-refractivity contribution is -0.141. The number of benzene rings is 1. The molecule has 2 saturated heterocycles. The van der Waals surface area contributed by atoms with Gasteiger partial charge in [0.1, 0.15) is 23.5 Å². The number of fused-ring (bicyclic) bond motifs is 1. The third kappa shape index (κ3) is 4.50. The molecule has 1 N–H and O–H groups in total. The zero-order valence-electron chi connectivity index (χ0n) is 20.6. The van der Waals surface area contributed by atoms with Crippen molar-refractivity contribution in [2.75, 3.05) is 26.3 Å². The van der Waals surface area contributed by atoms with Crippen LogP contribution in [-0.4, -0.2) is 61.1 Å². The number of halogens is 3. The SMILES string of the molecule is Cn1cnnc1CC1(c2cccc(-c3n[nH]c4c(CN5CCCCC5)nc(C(F)(F)F)cc34)c2)COC1. The molecule has 0 atom stereocenters. The van der Waals surface area contributed by atoms with Crippen LogP contribution in [0.2, 0.25) is 0 Å². The van der Waals surface area contributed by atoms with Crippen molar-refractivity contribution in [2.24, 2.45) is 7.05 Å². The van der Waals surface area contributed by atoms with Crippen molar-refractivity contribution >= 4 is 10.9 Å². The summed E-state index contributed by atoms with van der Waals surface area (Å²) in [6.07, 6.45) is 1.01. The Balaban J connectivity index is 1.40. The highest BCUT2D eigenvalue weighted by molar-refractivity contribution is 5.94. The van der Waals surface area contributed by atoms with Gasteiger partial charge in [0.2, 0.25) is 0 Å². The maximum atomic E-state index is 13.9. The van der Waals surface area contributed by atoms with Crippen LogP contribution in [0, 0.1) is 0 Å². The third-order valence-corrected chi connectivity index (χ3v) is 7.55. The normalized spacial score (nSPS) is 18.3. The summed E-state index contributed by atoms with van der Waals surface area (Å²) in [4.78, 5) is 6.20. The number of hydrogen-bond acceptors (Lipinski definition) is 6. The van der Waals surface area contributed by atoms with Gasteiger partial charge in [0.25, 0.3) is 0 Å². The average Bonchev–Trinajstić information content (AvgIpc) is 3.47. The number of likely N-dealkylation sites (tertiary alicyclic amines) is 1. The number of hydrogen-bond donors (Lipinski definition) is 1. The van der Waals surface area contributed by atoms with Crippen LogP contribution < -0.4 is 0 Å². The quantitative estimate of drug-likeness (QED) is 0.416. The van der Waals surface area contributed by atoms with Gasteiger partial charge in [-0.1, -0.05) is 24.6 Å². The number of H-pyrrole nitrogens is 1. The van der Waals surface area contributed by atoms with E-state index in [2.05, 4.69) is 30.3 Å². The Hall–Kier alpha value is -3.31. The molecular weight excluding hydrogens is 483 g/mol. The highest BCUT2D eigenvalue weighted by Crippen LogP contribution is 2.39. The van der Waals surface area contributed by atoms with Crippen molar-refractivity contribution in [3.8, 4) is 11.3 Å². The van der Waals surface area contributed by atoms with Crippen LogP contribution in [0.15, 0.2) is 36.7 Å². The number of rotatable bonds is 6. The zero-order chi connectivity index (χ0) is 25.6. The van der Waals surface area contributed by atoms with E-state index in [-0.39, 0.29) is 5.41 Å². The second-order valence-electron chi connectivity index (χ2n) is 10.2. The Bertz CT molecular complexity index is 1420. The summed E-state index contributed by atoms with van der Waals surface area (Å²) in [5.41, 5.74) is 2.04. The molecule has 0 radical (unpaired) electrons. The minimum atomic E-state index is -4.55. The summed E-state index contributed by atoms with van der Waals surface area (Å²) >= 11 is 0. The maximum absolute atomic E-state index is 13.9. The summed E-state index contributed by atoms with van der Waals surface area (Å²) < 4.78 is 49.1. The van der Waals surface area contributed by atoms with Gasteiger partial charge in [-0.05, 0) is 43.6 Å². The van der Waals surface area contributed by atoms with E-state index in [1.807, 2.05) is 35.9 Å². The lowest BCUT2D eigenvalue weighted by atomic mass is 9.75. The van der Waals surface area contributed by atoms with Gasteiger partial charge in [0, 0.05) is 36.4 Å². The van der Waals surface area contributed by atoms with Crippen LogP contribution in [0.4, 0.5) is 13.2 Å². The van der Waals surface area contributed by atoms with Gasteiger partial charge in [-0.2, -0.15) is 18.3 Å². The van der Waals surface area contributed by atoms with E-state index in [9.17, 15) is 13.2 Å². The standard InChI is InChI=1S/C26H28F3N7O/c1-35-16-30-32-22(35)12-25(14-37-15-25)18-7-5-6-17(10-18)23-19-11-21(26(27,28)29)31-20(24(19)34-33-23)13-36-8-3-2-4-9-36/h5-7,10-11,16H,2-4,8-9,12-15H2,1H3,(H,33,34). The second-order valence-corrected chi connectivity index (χ2v) is 10.2. The highest BCUT2D eigenvalue weighted by Gasteiger charge is 2.42. The van der Waals surface area contributed by atoms with E-state index in [0.29, 0.717) is 48.5 Å². The molecule has 0 aliphatic carbocycles. The molecule has 2 aliphatic rings. The molecule has 5 heterocycles. The molecule has 2 aliphatic heterocycles. The van der Waals surface area contributed by atoms with Crippen LogP contribution in [-0.2, 0) is 36.3 Å². The third-order valence-electron chi connectivity index (χ3n) is 7.55. The monoisotopic (exact) mass is 511 g/mol. The van der Waals surface area contributed by atoms with Crippen molar-refractivity contribution in [1.29, 1.82) is 0 Å². The molecule has 8 nitrogen and oxygen atoms in total. The van der Waals surface area contributed by atoms with Crippen molar-refractivity contribution in [3.63, 3.8) is 0 Å². The summed E-state index contributed by atoms with van der Waals surface area (Å²) in [7, 11) is 1.91. The van der Waals surface area contributed by atoms with Gasteiger partial charge < -0.3 is 9.30 Å². The van der Waals surface area contributed by atoms with E-state index in [1.165, 1.54) is 0 Å². The first-order valence-electron chi connectivity index (χ1n) is 12.5. The van der Waals surface area contributed by atoms with E-state index < -0.39 is 11.9 Å². The van der Waals surface area contributed by atoms with Crippen LogP contribution in [0.1, 0.15) is 42.0 Å². The molecule has 2 fully saturated rings. The van der Waals surface area contributed by atoms with Crippen LogP contribution in [0.5, 0.6) is 0 Å². The van der Waals surface area contributed by atoms with Gasteiger partial charge >= 0.3 is 6.18 Å². The van der Waals surface area contributed by atoms with Crippen molar-refractivity contribution in [1.82, 2.24) is 34.8 Å². The van der Waals surface area contributed by atoms with E-state index in [1.54, 1.807) is 6.33 Å². The Morgan fingerprint density at radius 1 is 1.11 bits per heavy atom. The van der Waals surface area contributed by atoms with E-state index >= 15 is 0 Å². The summed E-state index contributed by atoms with van der Waals surface area (Å²) in [6.45, 7) is 3.15. The van der Waals surface area contributed by atoms with Gasteiger partial charge in [0.15, 0.2) is 0 Å². The van der Waals surface area contributed by atoms with Crippen LogP contribution in [0.3, 0.4) is 0 Å². The average molecular weight is 512 g/mol. The van der Waals surface area contributed by atoms with Gasteiger partial charge in [-0.15, -0.1) is 10.2 Å². The minimum absolute atomic E-state index is 0.277. The first-order chi connectivity index (χ1) is 17.8. The van der Waals surface area contributed by atoms with E-state index in [0.717, 1.165) is 55.4 Å². The summed E-state index contributed by atoms with van der Waals surface area (Å²) in [5, 5.41) is 16.1. The van der Waals surface area contributed by atoms with Crippen molar-refractivity contribution < 1.29 is 17.9 Å². The topological polar surface area (TPSA) is 84.8 Å². The van der Waals surface area contributed by atoms with E-state index in [4.69, 9.17) is 4.74 Å². The Morgan fingerprint density at radius 3 is 2.59 bits per heavy atom. The number of aryl methyl sites for hydroxylation is 1. The Kier molecular flexibility index (Phi) is 5.99. The molecule has 194 valence electrons. The van der Waals surface area contributed by atoms with Crippen molar-refractivity contribution in [2.45, 2.75) is 43.8 Å². The largest absolute Gasteiger partial charge is 0.433 e. The number of aromatic amines is 1. The Labute approximate surface area is 211 Å². The molecular formula is C26H28F3N7O. The summed E-state index contributed by atoms with van der Waals surface area (Å²) in [5.74, 6) is 0.849. The van der Waals surface area contributed by atoms with Crippen LogP contribution in [0.25, 0.3) is 22.2 Å². The first kappa shape index (κ1) is 24.1. The fraction of sp³-hybridized carbons (Fsp3) is 0.462. The molecule has 4 aromatic rings. The molecule has 37 heavy (non-hydrogen) atoms. The summed E-state index contributed by atoms with van der Waals surface area (Å²) in [6, 6.07) is 8.95. The lowest BCUT2D eigenvalue weighted by Gasteiger charge is -2.41. The predicted octanol–water partition coefficient (Wildman–Crippen LogP) is 4.27. The number of aromatic nitrogens is 6.